The van der Waals surface area contributed by atoms with Crippen LogP contribution in [0.1, 0.15) is 0 Å². The molecule has 0 heterocycles. The van der Waals surface area contributed by atoms with Crippen LogP contribution in [0.15, 0.2) is 76.5 Å². The molecule has 3 aromatic carbocycles. The summed E-state index contributed by atoms with van der Waals surface area (Å²) in [6.45, 7) is 0. The summed E-state index contributed by atoms with van der Waals surface area (Å²) in [4.78, 5) is -0.00730. The lowest BCUT2D eigenvalue weighted by Gasteiger charge is -2.14. The van der Waals surface area contributed by atoms with Gasteiger partial charge < -0.3 is 4.74 Å². The average molecular weight is 487 g/mol. The Kier molecular flexibility index (Phi) is 6.47. The molecule has 0 saturated carbocycles. The van der Waals surface area contributed by atoms with Gasteiger partial charge in [0.15, 0.2) is 0 Å². The van der Waals surface area contributed by atoms with E-state index in [9.17, 15) is 16.8 Å². The number of sulfonamides is 2. The smallest absolute Gasteiger partial charge is 0.262 e. The van der Waals surface area contributed by atoms with Crippen molar-refractivity contribution in [2.24, 2.45) is 0 Å². The highest BCUT2D eigenvalue weighted by atomic mass is 35.5. The van der Waals surface area contributed by atoms with Crippen LogP contribution in [0.2, 0.25) is 10.0 Å². The standard InChI is InChI=1S/C19H16Cl2N2O5S2/c1-28-19-11-6-15(22-29(24,25)16-7-2-13(20)3-8-16)12-18(19)23-30(26,27)17-9-4-14(21)5-10-17/h2-12,22-23H,1H3. The molecule has 158 valence electrons. The van der Waals surface area contributed by atoms with Gasteiger partial charge in [0, 0.05) is 10.0 Å². The molecule has 0 amide bonds. The van der Waals surface area contributed by atoms with Crippen molar-refractivity contribution < 1.29 is 21.6 Å². The van der Waals surface area contributed by atoms with Gasteiger partial charge >= 0.3 is 0 Å². The molecule has 30 heavy (non-hydrogen) atoms. The topological polar surface area (TPSA) is 102 Å². The number of benzene rings is 3. The zero-order valence-corrected chi connectivity index (χ0v) is 18.6. The van der Waals surface area contributed by atoms with Crippen molar-refractivity contribution in [1.82, 2.24) is 0 Å². The largest absolute Gasteiger partial charge is 0.495 e. The van der Waals surface area contributed by atoms with Crippen LogP contribution in [0.5, 0.6) is 5.75 Å². The lowest BCUT2D eigenvalue weighted by molar-refractivity contribution is 0.417. The molecule has 7 nitrogen and oxygen atoms in total. The lowest BCUT2D eigenvalue weighted by Crippen LogP contribution is -2.15. The molecule has 0 saturated heterocycles. The predicted molar refractivity (Wildman–Crippen MR) is 118 cm³/mol. The number of ether oxygens (including phenoxy) is 1. The minimum absolute atomic E-state index is 0.00557. The molecule has 0 spiro atoms. The second kappa shape index (κ2) is 8.73. The summed E-state index contributed by atoms with van der Waals surface area (Å²) >= 11 is 11.6. The normalized spacial score (nSPS) is 11.7. The van der Waals surface area contributed by atoms with Gasteiger partial charge in [-0.2, -0.15) is 0 Å². The zero-order valence-electron chi connectivity index (χ0n) is 15.5. The van der Waals surface area contributed by atoms with Crippen LogP contribution in [0.25, 0.3) is 0 Å². The third kappa shape index (κ3) is 5.17. The summed E-state index contributed by atoms with van der Waals surface area (Å²) in [7, 11) is -6.50. The molecule has 11 heteroatoms. The Morgan fingerprint density at radius 2 is 1.17 bits per heavy atom. The third-order valence-corrected chi connectivity index (χ3v) is 7.23. The van der Waals surface area contributed by atoms with E-state index < -0.39 is 20.0 Å². The molecule has 0 bridgehead atoms. The molecule has 0 radical (unpaired) electrons. The first-order chi connectivity index (χ1) is 14.1. The van der Waals surface area contributed by atoms with E-state index in [2.05, 4.69) is 9.44 Å². The minimum atomic E-state index is -3.96. The number of methoxy groups -OCH3 is 1. The van der Waals surface area contributed by atoms with Gasteiger partial charge in [-0.25, -0.2) is 16.8 Å². The molecule has 0 aliphatic rings. The molecule has 2 N–H and O–H groups in total. The molecule has 0 aromatic heterocycles. The summed E-state index contributed by atoms with van der Waals surface area (Å²) in [5.41, 5.74) is 0.198. The van der Waals surface area contributed by atoms with E-state index in [0.29, 0.717) is 10.0 Å². The van der Waals surface area contributed by atoms with E-state index in [1.807, 2.05) is 0 Å². The molecule has 0 fully saturated rings. The number of hydrogen-bond acceptors (Lipinski definition) is 5. The Labute approximate surface area is 184 Å². The van der Waals surface area contributed by atoms with E-state index in [-0.39, 0.29) is 26.9 Å². The monoisotopic (exact) mass is 486 g/mol. The van der Waals surface area contributed by atoms with E-state index in [4.69, 9.17) is 27.9 Å². The Morgan fingerprint density at radius 3 is 1.63 bits per heavy atom. The fourth-order valence-corrected chi connectivity index (χ4v) is 4.86. The van der Waals surface area contributed by atoms with Gasteiger partial charge in [-0.15, -0.1) is 0 Å². The fraction of sp³-hybridized carbons (Fsp3) is 0.0526. The van der Waals surface area contributed by atoms with Gasteiger partial charge in [-0.05, 0) is 66.7 Å². The lowest BCUT2D eigenvalue weighted by atomic mass is 10.2. The first-order valence-corrected chi connectivity index (χ1v) is 12.1. The molecule has 0 aliphatic carbocycles. The Morgan fingerprint density at radius 1 is 0.700 bits per heavy atom. The van der Waals surface area contributed by atoms with Gasteiger partial charge in [0.1, 0.15) is 5.75 Å². The zero-order chi connectivity index (χ0) is 21.9. The quantitative estimate of drug-likeness (QED) is 0.507. The van der Waals surface area contributed by atoms with Crippen LogP contribution in [0.4, 0.5) is 11.4 Å². The van der Waals surface area contributed by atoms with Gasteiger partial charge in [-0.3, -0.25) is 9.44 Å². The van der Waals surface area contributed by atoms with Crippen LogP contribution in [-0.2, 0) is 20.0 Å². The highest BCUT2D eigenvalue weighted by Crippen LogP contribution is 2.31. The molecule has 0 unspecified atom stereocenters. The summed E-state index contributed by atoms with van der Waals surface area (Å²) in [6, 6.07) is 15.4. The summed E-state index contributed by atoms with van der Waals surface area (Å²) in [5, 5.41) is 0.794. The molecule has 0 aliphatic heterocycles. The molecule has 3 rings (SSSR count). The molecule has 0 atom stereocenters. The molecular weight excluding hydrogens is 471 g/mol. The first kappa shape index (κ1) is 22.2. The maximum Gasteiger partial charge on any atom is 0.262 e. The average Bonchev–Trinajstić information content (AvgIpc) is 2.68. The van der Waals surface area contributed by atoms with Crippen molar-refractivity contribution in [3.05, 3.63) is 76.8 Å². The van der Waals surface area contributed by atoms with Gasteiger partial charge in [-0.1, -0.05) is 23.2 Å². The number of nitrogens with one attached hydrogen (secondary N) is 2. The van der Waals surface area contributed by atoms with Crippen LogP contribution >= 0.6 is 23.2 Å². The Hall–Kier alpha value is -2.46. The Bertz CT molecular complexity index is 1260. The number of hydrogen-bond donors (Lipinski definition) is 2. The number of halogens is 2. The van der Waals surface area contributed by atoms with Crippen LogP contribution in [0.3, 0.4) is 0 Å². The van der Waals surface area contributed by atoms with E-state index in [1.54, 1.807) is 0 Å². The maximum atomic E-state index is 12.7. The first-order valence-electron chi connectivity index (χ1n) is 8.35. The number of rotatable bonds is 7. The van der Waals surface area contributed by atoms with Crippen LogP contribution in [0, 0.1) is 0 Å². The summed E-state index contributed by atoms with van der Waals surface area (Å²) in [6.07, 6.45) is 0. The summed E-state index contributed by atoms with van der Waals surface area (Å²) < 4.78 is 60.5. The second-order valence-corrected chi connectivity index (χ2v) is 10.3. The molecule has 3 aromatic rings. The minimum Gasteiger partial charge on any atom is -0.495 e. The van der Waals surface area contributed by atoms with E-state index >= 15 is 0 Å². The fourth-order valence-electron chi connectivity index (χ4n) is 2.50. The SMILES string of the molecule is COc1ccc(NS(=O)(=O)c2ccc(Cl)cc2)cc1NS(=O)(=O)c1ccc(Cl)cc1. The van der Waals surface area contributed by atoms with Crippen molar-refractivity contribution in [2.75, 3.05) is 16.6 Å². The van der Waals surface area contributed by atoms with Crippen LogP contribution in [-0.4, -0.2) is 23.9 Å². The van der Waals surface area contributed by atoms with Gasteiger partial charge in [0.25, 0.3) is 20.0 Å². The van der Waals surface area contributed by atoms with Crippen molar-refractivity contribution >= 4 is 54.6 Å². The van der Waals surface area contributed by atoms with Gasteiger partial charge in [0.2, 0.25) is 0 Å². The summed E-state index contributed by atoms with van der Waals surface area (Å²) in [5.74, 6) is 0.210. The number of anilines is 2. The third-order valence-electron chi connectivity index (χ3n) is 3.94. The predicted octanol–water partition coefficient (Wildman–Crippen LogP) is 4.60. The maximum absolute atomic E-state index is 12.7. The van der Waals surface area contributed by atoms with Crippen molar-refractivity contribution in [1.29, 1.82) is 0 Å². The van der Waals surface area contributed by atoms with E-state index in [1.165, 1.54) is 73.8 Å². The second-order valence-electron chi connectivity index (χ2n) is 6.03. The van der Waals surface area contributed by atoms with Crippen molar-refractivity contribution in [3.8, 4) is 5.75 Å². The molecular formula is C19H16Cl2N2O5S2. The van der Waals surface area contributed by atoms with E-state index in [0.717, 1.165) is 0 Å². The van der Waals surface area contributed by atoms with Crippen molar-refractivity contribution in [3.63, 3.8) is 0 Å². The Balaban J connectivity index is 1.92. The van der Waals surface area contributed by atoms with Gasteiger partial charge in [0.05, 0.1) is 28.3 Å². The highest BCUT2D eigenvalue weighted by molar-refractivity contribution is 7.93. The highest BCUT2D eigenvalue weighted by Gasteiger charge is 2.19. The van der Waals surface area contributed by atoms with Crippen LogP contribution < -0.4 is 14.2 Å². The van der Waals surface area contributed by atoms with Crippen molar-refractivity contribution in [2.45, 2.75) is 9.79 Å².